The molecule has 1 atom stereocenters. The van der Waals surface area contributed by atoms with E-state index in [1.165, 1.54) is 0 Å². The smallest absolute Gasteiger partial charge is 0.304 e. The summed E-state index contributed by atoms with van der Waals surface area (Å²) in [6.07, 6.45) is 0.110. The van der Waals surface area contributed by atoms with Gasteiger partial charge in [0.05, 0.1) is 20.1 Å². The minimum Gasteiger partial charge on any atom is -0.493 e. The minimum atomic E-state index is -0.802. The zero-order chi connectivity index (χ0) is 14.3. The molecule has 19 heavy (non-hydrogen) atoms. The number of benzene rings is 1. The van der Waals surface area contributed by atoms with E-state index in [2.05, 4.69) is 5.32 Å². The van der Waals surface area contributed by atoms with Gasteiger partial charge in [0.15, 0.2) is 11.5 Å². The molecule has 1 unspecified atom stereocenters. The summed E-state index contributed by atoms with van der Waals surface area (Å²) in [5.74, 6) is 0.599. The Labute approximate surface area is 113 Å². The second-order valence-corrected chi connectivity index (χ2v) is 4.16. The number of ether oxygens (including phenoxy) is 2. The van der Waals surface area contributed by atoms with Gasteiger partial charge in [-0.2, -0.15) is 0 Å². The highest BCUT2D eigenvalue weighted by Crippen LogP contribution is 2.30. The molecule has 0 aliphatic heterocycles. The van der Waals surface area contributed by atoms with Crippen molar-refractivity contribution in [1.29, 1.82) is 0 Å². The molecule has 0 aliphatic carbocycles. The molecule has 0 radical (unpaired) electrons. The number of carbonyl (C=O) groups is 1. The largest absolute Gasteiger partial charge is 0.493 e. The molecule has 0 heterocycles. The van der Waals surface area contributed by atoms with Crippen molar-refractivity contribution in [3.8, 4) is 11.5 Å². The van der Waals surface area contributed by atoms with Crippen LogP contribution in [-0.2, 0) is 4.79 Å². The molecular weight excluding hydrogens is 246 g/mol. The van der Waals surface area contributed by atoms with E-state index in [4.69, 9.17) is 14.6 Å². The van der Waals surface area contributed by atoms with Crippen LogP contribution in [0.1, 0.15) is 31.9 Å². The molecule has 1 rings (SSSR count). The molecular formula is C14H21NO4. The molecule has 1 aromatic carbocycles. The Bertz CT molecular complexity index is 420. The van der Waals surface area contributed by atoms with E-state index in [9.17, 15) is 4.79 Å². The van der Waals surface area contributed by atoms with Crippen LogP contribution in [0.25, 0.3) is 0 Å². The molecule has 1 aromatic rings. The molecule has 0 spiro atoms. The summed E-state index contributed by atoms with van der Waals surface area (Å²) in [6.45, 7) is 4.93. The topological polar surface area (TPSA) is 67.8 Å². The predicted octanol–water partition coefficient (Wildman–Crippen LogP) is 2.22. The molecule has 0 amide bonds. The Kier molecular flexibility index (Phi) is 6.15. The van der Waals surface area contributed by atoms with Gasteiger partial charge in [0.2, 0.25) is 0 Å². The number of hydrogen-bond acceptors (Lipinski definition) is 4. The fourth-order valence-corrected chi connectivity index (χ4v) is 1.74. The van der Waals surface area contributed by atoms with Gasteiger partial charge >= 0.3 is 5.97 Å². The second-order valence-electron chi connectivity index (χ2n) is 4.16. The number of rotatable bonds is 8. The van der Waals surface area contributed by atoms with Crippen LogP contribution in [0.4, 0.5) is 0 Å². The molecule has 0 fully saturated rings. The fraction of sp³-hybridized carbons (Fsp3) is 0.500. The Morgan fingerprint density at radius 3 is 2.74 bits per heavy atom. The summed E-state index contributed by atoms with van der Waals surface area (Å²) in [5, 5.41) is 11.8. The van der Waals surface area contributed by atoms with Crippen molar-refractivity contribution in [2.45, 2.75) is 26.3 Å². The first-order valence-corrected chi connectivity index (χ1v) is 6.34. The number of hydrogen-bond donors (Lipinski definition) is 2. The summed E-state index contributed by atoms with van der Waals surface area (Å²) in [4.78, 5) is 10.5. The van der Waals surface area contributed by atoms with E-state index in [0.29, 0.717) is 24.7 Å². The SMILES string of the molecule is CCOc1ccc(C(C)NCCC(=O)O)cc1OC. The molecule has 2 N–H and O–H groups in total. The van der Waals surface area contributed by atoms with E-state index in [1.807, 2.05) is 32.0 Å². The maximum absolute atomic E-state index is 10.5. The lowest BCUT2D eigenvalue weighted by molar-refractivity contribution is -0.136. The van der Waals surface area contributed by atoms with Gasteiger partial charge in [-0.15, -0.1) is 0 Å². The Morgan fingerprint density at radius 1 is 1.42 bits per heavy atom. The van der Waals surface area contributed by atoms with Crippen LogP contribution < -0.4 is 14.8 Å². The van der Waals surface area contributed by atoms with Gasteiger partial charge in [-0.1, -0.05) is 6.07 Å². The van der Waals surface area contributed by atoms with Crippen LogP contribution in [-0.4, -0.2) is 31.3 Å². The van der Waals surface area contributed by atoms with Gasteiger partial charge in [0.1, 0.15) is 0 Å². The van der Waals surface area contributed by atoms with Crippen LogP contribution in [0.5, 0.6) is 11.5 Å². The first kappa shape index (κ1) is 15.3. The van der Waals surface area contributed by atoms with E-state index < -0.39 is 5.97 Å². The molecule has 5 heteroatoms. The highest BCUT2D eigenvalue weighted by atomic mass is 16.5. The van der Waals surface area contributed by atoms with Gasteiger partial charge in [0.25, 0.3) is 0 Å². The van der Waals surface area contributed by atoms with Crippen molar-refractivity contribution < 1.29 is 19.4 Å². The fourth-order valence-electron chi connectivity index (χ4n) is 1.74. The average Bonchev–Trinajstić information content (AvgIpc) is 2.39. The van der Waals surface area contributed by atoms with Crippen LogP contribution in [0, 0.1) is 0 Å². The van der Waals surface area contributed by atoms with Gasteiger partial charge in [-0.3, -0.25) is 4.79 Å². The maximum Gasteiger partial charge on any atom is 0.304 e. The normalized spacial score (nSPS) is 11.9. The standard InChI is InChI=1S/C14H21NO4/c1-4-19-12-6-5-11(9-13(12)18-3)10(2)15-8-7-14(16)17/h5-6,9-10,15H,4,7-8H2,1-3H3,(H,16,17). The lowest BCUT2D eigenvalue weighted by Gasteiger charge is -2.16. The first-order valence-electron chi connectivity index (χ1n) is 6.34. The monoisotopic (exact) mass is 267 g/mol. The number of aliphatic carboxylic acids is 1. The van der Waals surface area contributed by atoms with E-state index in [0.717, 1.165) is 5.56 Å². The van der Waals surface area contributed by atoms with E-state index in [-0.39, 0.29) is 12.5 Å². The summed E-state index contributed by atoms with van der Waals surface area (Å²) in [6, 6.07) is 5.78. The summed E-state index contributed by atoms with van der Waals surface area (Å²) >= 11 is 0. The summed E-state index contributed by atoms with van der Waals surface area (Å²) < 4.78 is 10.7. The first-order chi connectivity index (χ1) is 9.08. The molecule has 5 nitrogen and oxygen atoms in total. The van der Waals surface area contributed by atoms with Crippen molar-refractivity contribution in [2.75, 3.05) is 20.3 Å². The average molecular weight is 267 g/mol. The molecule has 0 saturated carbocycles. The van der Waals surface area contributed by atoms with Crippen LogP contribution in [0.2, 0.25) is 0 Å². The summed E-state index contributed by atoms with van der Waals surface area (Å²) in [7, 11) is 1.60. The van der Waals surface area contributed by atoms with Crippen LogP contribution in [0.15, 0.2) is 18.2 Å². The third kappa shape index (κ3) is 4.79. The number of carboxylic acid groups (broad SMARTS) is 1. The van der Waals surface area contributed by atoms with Crippen molar-refractivity contribution in [3.63, 3.8) is 0 Å². The Balaban J connectivity index is 2.69. The van der Waals surface area contributed by atoms with Crippen LogP contribution >= 0.6 is 0 Å². The maximum atomic E-state index is 10.5. The lowest BCUT2D eigenvalue weighted by atomic mass is 10.1. The number of nitrogens with one attached hydrogen (secondary N) is 1. The molecule has 0 bridgehead atoms. The van der Waals surface area contributed by atoms with E-state index in [1.54, 1.807) is 7.11 Å². The van der Waals surface area contributed by atoms with Crippen molar-refractivity contribution in [1.82, 2.24) is 5.32 Å². The molecule has 106 valence electrons. The lowest BCUT2D eigenvalue weighted by Crippen LogP contribution is -2.21. The minimum absolute atomic E-state index is 0.0592. The zero-order valence-electron chi connectivity index (χ0n) is 11.6. The Morgan fingerprint density at radius 2 is 2.16 bits per heavy atom. The van der Waals surface area contributed by atoms with Crippen molar-refractivity contribution in [2.24, 2.45) is 0 Å². The van der Waals surface area contributed by atoms with Crippen LogP contribution in [0.3, 0.4) is 0 Å². The third-order valence-electron chi connectivity index (χ3n) is 2.78. The van der Waals surface area contributed by atoms with Gasteiger partial charge in [-0.25, -0.2) is 0 Å². The quantitative estimate of drug-likeness (QED) is 0.756. The zero-order valence-corrected chi connectivity index (χ0v) is 11.6. The number of methoxy groups -OCH3 is 1. The molecule has 0 saturated heterocycles. The van der Waals surface area contributed by atoms with Crippen molar-refractivity contribution >= 4 is 5.97 Å². The van der Waals surface area contributed by atoms with Gasteiger partial charge < -0.3 is 19.9 Å². The molecule has 0 aliphatic rings. The Hall–Kier alpha value is -1.75. The highest BCUT2D eigenvalue weighted by molar-refractivity contribution is 5.66. The van der Waals surface area contributed by atoms with Crippen molar-refractivity contribution in [3.05, 3.63) is 23.8 Å². The van der Waals surface area contributed by atoms with E-state index >= 15 is 0 Å². The third-order valence-corrected chi connectivity index (χ3v) is 2.78. The van der Waals surface area contributed by atoms with Gasteiger partial charge in [-0.05, 0) is 31.5 Å². The number of carboxylic acids is 1. The highest BCUT2D eigenvalue weighted by Gasteiger charge is 2.10. The summed E-state index contributed by atoms with van der Waals surface area (Å²) in [5.41, 5.74) is 1.03. The molecule has 0 aromatic heterocycles. The van der Waals surface area contributed by atoms with Gasteiger partial charge in [0, 0.05) is 12.6 Å². The second kappa shape index (κ2) is 7.63. The predicted molar refractivity (Wildman–Crippen MR) is 72.8 cm³/mol.